The predicted molar refractivity (Wildman–Crippen MR) is 70.3 cm³/mol. The molecule has 1 aromatic rings. The standard InChI is InChI=1S/C13H18F3N3O/c14-13(15,16)9-19-5-3-18(4-6-19)8-10-7-11(17)1-2-12(10)20/h1-2,7,20H,3-6,8-9,17H2. The number of nitrogen functional groups attached to an aromatic ring is 1. The van der Waals surface area contributed by atoms with Crippen LogP contribution in [0.4, 0.5) is 18.9 Å². The highest BCUT2D eigenvalue weighted by Crippen LogP contribution is 2.22. The lowest BCUT2D eigenvalue weighted by molar-refractivity contribution is -0.149. The molecule has 3 N–H and O–H groups in total. The average molecular weight is 289 g/mol. The van der Waals surface area contributed by atoms with Crippen LogP contribution in [0.25, 0.3) is 0 Å². The molecule has 0 bridgehead atoms. The molecular formula is C13H18F3N3O. The van der Waals surface area contributed by atoms with Crippen molar-refractivity contribution in [1.29, 1.82) is 0 Å². The zero-order valence-corrected chi connectivity index (χ0v) is 11.0. The number of halogens is 3. The highest BCUT2D eigenvalue weighted by atomic mass is 19.4. The normalized spacial score (nSPS) is 18.4. The van der Waals surface area contributed by atoms with Gasteiger partial charge >= 0.3 is 6.18 Å². The summed E-state index contributed by atoms with van der Waals surface area (Å²) in [7, 11) is 0. The van der Waals surface area contributed by atoms with Crippen molar-refractivity contribution >= 4 is 5.69 Å². The van der Waals surface area contributed by atoms with Gasteiger partial charge in [-0.25, -0.2) is 0 Å². The molecule has 0 radical (unpaired) electrons. The van der Waals surface area contributed by atoms with Gasteiger partial charge in [0.05, 0.1) is 6.54 Å². The summed E-state index contributed by atoms with van der Waals surface area (Å²) in [6.07, 6.45) is -4.14. The molecule has 0 aliphatic carbocycles. The molecule has 1 heterocycles. The van der Waals surface area contributed by atoms with E-state index in [1.807, 2.05) is 4.90 Å². The Morgan fingerprint density at radius 2 is 1.70 bits per heavy atom. The van der Waals surface area contributed by atoms with E-state index in [1.54, 1.807) is 12.1 Å². The van der Waals surface area contributed by atoms with Gasteiger partial charge in [-0.3, -0.25) is 9.80 Å². The van der Waals surface area contributed by atoms with Crippen molar-refractivity contribution < 1.29 is 18.3 Å². The Balaban J connectivity index is 1.87. The van der Waals surface area contributed by atoms with E-state index in [9.17, 15) is 18.3 Å². The molecule has 1 aliphatic rings. The molecule has 7 heteroatoms. The number of hydrogen-bond acceptors (Lipinski definition) is 4. The van der Waals surface area contributed by atoms with Crippen molar-refractivity contribution in [2.75, 3.05) is 38.5 Å². The Kier molecular flexibility index (Phi) is 4.39. The summed E-state index contributed by atoms with van der Waals surface area (Å²) in [5, 5.41) is 9.73. The Bertz CT molecular complexity index is 457. The van der Waals surface area contributed by atoms with Gasteiger partial charge in [-0.05, 0) is 18.2 Å². The SMILES string of the molecule is Nc1ccc(O)c(CN2CCN(CC(F)(F)F)CC2)c1. The first-order valence-electron chi connectivity index (χ1n) is 6.42. The third kappa shape index (κ3) is 4.28. The van der Waals surface area contributed by atoms with Crippen molar-refractivity contribution in [2.45, 2.75) is 12.7 Å². The Labute approximate surface area is 115 Å². The molecule has 1 aliphatic heterocycles. The molecule has 1 fully saturated rings. The molecule has 20 heavy (non-hydrogen) atoms. The van der Waals surface area contributed by atoms with Gasteiger partial charge < -0.3 is 10.8 Å². The second-order valence-corrected chi connectivity index (χ2v) is 5.06. The first-order chi connectivity index (χ1) is 9.33. The van der Waals surface area contributed by atoms with Crippen LogP contribution in [0.1, 0.15) is 5.56 Å². The number of rotatable bonds is 3. The van der Waals surface area contributed by atoms with Crippen LogP contribution < -0.4 is 5.73 Å². The predicted octanol–water partition coefficient (Wildman–Crippen LogP) is 1.65. The molecule has 1 saturated heterocycles. The zero-order valence-electron chi connectivity index (χ0n) is 11.0. The maximum atomic E-state index is 12.3. The van der Waals surface area contributed by atoms with E-state index in [-0.39, 0.29) is 5.75 Å². The second-order valence-electron chi connectivity index (χ2n) is 5.06. The molecule has 0 unspecified atom stereocenters. The summed E-state index contributed by atoms with van der Waals surface area (Å²) in [4.78, 5) is 3.41. The fraction of sp³-hybridized carbons (Fsp3) is 0.538. The molecular weight excluding hydrogens is 271 g/mol. The van der Waals surface area contributed by atoms with Crippen molar-refractivity contribution in [3.63, 3.8) is 0 Å². The highest BCUT2D eigenvalue weighted by Gasteiger charge is 2.32. The Morgan fingerprint density at radius 1 is 1.10 bits per heavy atom. The summed E-state index contributed by atoms with van der Waals surface area (Å²) in [6, 6.07) is 4.84. The van der Waals surface area contributed by atoms with E-state index < -0.39 is 12.7 Å². The molecule has 2 rings (SSSR count). The van der Waals surface area contributed by atoms with Crippen LogP contribution >= 0.6 is 0 Å². The van der Waals surface area contributed by atoms with Gasteiger partial charge in [-0.2, -0.15) is 13.2 Å². The van der Waals surface area contributed by atoms with Gasteiger partial charge in [-0.15, -0.1) is 0 Å². The fourth-order valence-corrected chi connectivity index (χ4v) is 2.33. The second kappa shape index (κ2) is 5.88. The van der Waals surface area contributed by atoms with Crippen LogP contribution in [0, 0.1) is 0 Å². The Hall–Kier alpha value is -1.47. The monoisotopic (exact) mass is 289 g/mol. The molecule has 0 amide bonds. The van der Waals surface area contributed by atoms with Gasteiger partial charge in [0.25, 0.3) is 0 Å². The van der Waals surface area contributed by atoms with Gasteiger partial charge in [-0.1, -0.05) is 0 Å². The zero-order chi connectivity index (χ0) is 14.8. The quantitative estimate of drug-likeness (QED) is 0.656. The fourth-order valence-electron chi connectivity index (χ4n) is 2.33. The third-order valence-corrected chi connectivity index (χ3v) is 3.37. The van der Waals surface area contributed by atoms with Crippen molar-refractivity contribution in [3.05, 3.63) is 23.8 Å². The summed E-state index contributed by atoms with van der Waals surface area (Å²) >= 11 is 0. The summed E-state index contributed by atoms with van der Waals surface area (Å²) in [5.41, 5.74) is 6.93. The third-order valence-electron chi connectivity index (χ3n) is 3.37. The van der Waals surface area contributed by atoms with E-state index >= 15 is 0 Å². The summed E-state index contributed by atoms with van der Waals surface area (Å²) < 4.78 is 36.8. The van der Waals surface area contributed by atoms with Crippen LogP contribution in [0.2, 0.25) is 0 Å². The first-order valence-corrected chi connectivity index (χ1v) is 6.42. The number of benzene rings is 1. The van der Waals surface area contributed by atoms with Crippen molar-refractivity contribution in [1.82, 2.24) is 9.80 Å². The number of nitrogens with two attached hydrogens (primary N) is 1. The highest BCUT2D eigenvalue weighted by molar-refractivity contribution is 5.47. The number of nitrogens with zero attached hydrogens (tertiary/aromatic N) is 2. The summed E-state index contributed by atoms with van der Waals surface area (Å²) in [5.74, 6) is 0.164. The number of anilines is 1. The molecule has 1 aromatic carbocycles. The smallest absolute Gasteiger partial charge is 0.401 e. The molecule has 4 nitrogen and oxygen atoms in total. The van der Waals surface area contributed by atoms with Gasteiger partial charge in [0.15, 0.2) is 0 Å². The maximum absolute atomic E-state index is 12.3. The minimum absolute atomic E-state index is 0.164. The van der Waals surface area contributed by atoms with Gasteiger partial charge in [0.1, 0.15) is 5.75 Å². The molecule has 112 valence electrons. The van der Waals surface area contributed by atoms with E-state index in [1.165, 1.54) is 11.0 Å². The first kappa shape index (κ1) is 14.9. The molecule has 0 spiro atoms. The van der Waals surface area contributed by atoms with Crippen molar-refractivity contribution in [3.8, 4) is 5.75 Å². The average Bonchev–Trinajstić information content (AvgIpc) is 2.34. The molecule has 0 saturated carbocycles. The lowest BCUT2D eigenvalue weighted by Crippen LogP contribution is -2.48. The minimum Gasteiger partial charge on any atom is -0.508 e. The summed E-state index contributed by atoms with van der Waals surface area (Å²) in [6.45, 7) is 1.49. The van der Waals surface area contributed by atoms with E-state index in [0.717, 1.165) is 0 Å². The number of phenolic OH excluding ortho intramolecular Hbond substituents is 1. The van der Waals surface area contributed by atoms with Crippen LogP contribution in [0.3, 0.4) is 0 Å². The van der Waals surface area contributed by atoms with Crippen LogP contribution in [-0.2, 0) is 6.54 Å². The van der Waals surface area contributed by atoms with E-state index in [4.69, 9.17) is 5.73 Å². The number of phenols is 1. The van der Waals surface area contributed by atoms with E-state index in [2.05, 4.69) is 0 Å². The maximum Gasteiger partial charge on any atom is 0.401 e. The van der Waals surface area contributed by atoms with E-state index in [0.29, 0.717) is 44.0 Å². The van der Waals surface area contributed by atoms with Crippen LogP contribution in [0.5, 0.6) is 5.75 Å². The van der Waals surface area contributed by atoms with Gasteiger partial charge in [0.2, 0.25) is 0 Å². The largest absolute Gasteiger partial charge is 0.508 e. The molecule has 0 aromatic heterocycles. The number of aromatic hydroxyl groups is 1. The lowest BCUT2D eigenvalue weighted by atomic mass is 10.1. The number of piperazine rings is 1. The van der Waals surface area contributed by atoms with Crippen LogP contribution in [0.15, 0.2) is 18.2 Å². The number of hydrogen-bond donors (Lipinski definition) is 2. The molecule has 0 atom stereocenters. The lowest BCUT2D eigenvalue weighted by Gasteiger charge is -2.35. The Morgan fingerprint density at radius 3 is 2.30 bits per heavy atom. The van der Waals surface area contributed by atoms with Crippen molar-refractivity contribution in [2.24, 2.45) is 0 Å². The van der Waals surface area contributed by atoms with Gasteiger partial charge in [0, 0.05) is 44.0 Å². The minimum atomic E-state index is -4.14. The van der Waals surface area contributed by atoms with Crippen LogP contribution in [-0.4, -0.2) is 53.8 Å². The number of alkyl halides is 3. The topological polar surface area (TPSA) is 52.7 Å².